The molecule has 1 aliphatic rings. The van der Waals surface area contributed by atoms with Crippen LogP contribution in [0.1, 0.15) is 20.3 Å². The molecule has 45 valence electrons. The molecule has 0 amide bonds. The van der Waals surface area contributed by atoms with Crippen LogP contribution < -0.4 is 5.32 Å². The summed E-state index contributed by atoms with van der Waals surface area (Å²) in [6.45, 7) is 6.39. The minimum Gasteiger partial charge on any atom is -0.237 e. The van der Waals surface area contributed by atoms with Gasteiger partial charge in [-0.25, -0.2) is 5.32 Å². The molecule has 8 heavy (non-hydrogen) atoms. The molecule has 1 nitrogen and oxygen atoms in total. The summed E-state index contributed by atoms with van der Waals surface area (Å²) >= 11 is 0. The van der Waals surface area contributed by atoms with Crippen molar-refractivity contribution in [2.45, 2.75) is 20.3 Å². The van der Waals surface area contributed by atoms with Gasteiger partial charge in [0.25, 0.3) is 0 Å². The maximum Gasteiger partial charge on any atom is 0.0343 e. The Morgan fingerprint density at radius 2 is 2.00 bits per heavy atom. The van der Waals surface area contributed by atoms with Crippen molar-refractivity contribution in [2.24, 2.45) is 0 Å². The highest BCUT2D eigenvalue weighted by atomic mass is 14.9. The Labute approximate surface area is 50.8 Å². The Balaban J connectivity index is 2.60. The Morgan fingerprint density at radius 3 is 2.38 bits per heavy atom. The van der Waals surface area contributed by atoms with Gasteiger partial charge in [0.2, 0.25) is 0 Å². The van der Waals surface area contributed by atoms with Gasteiger partial charge < -0.3 is 0 Å². The first-order valence-electron chi connectivity index (χ1n) is 3.09. The van der Waals surface area contributed by atoms with E-state index >= 15 is 0 Å². The van der Waals surface area contributed by atoms with Crippen molar-refractivity contribution in [3.63, 3.8) is 0 Å². The van der Waals surface area contributed by atoms with Crippen LogP contribution in [0.15, 0.2) is 11.1 Å². The van der Waals surface area contributed by atoms with E-state index in [1.54, 1.807) is 5.57 Å². The first-order chi connectivity index (χ1) is 3.80. The third-order valence-electron chi connectivity index (χ3n) is 1.72. The predicted octanol–water partition coefficient (Wildman–Crippen LogP) is 1.33. The van der Waals surface area contributed by atoms with Crippen LogP contribution in [-0.2, 0) is 0 Å². The average Bonchev–Trinajstić information content (AvgIpc) is 1.77. The fourth-order valence-electron chi connectivity index (χ4n) is 0.842. The van der Waals surface area contributed by atoms with Gasteiger partial charge in [-0.3, -0.25) is 0 Å². The maximum absolute atomic E-state index is 4.25. The molecule has 0 aromatic rings. The number of hydrogen-bond donors (Lipinski definition) is 0. The molecule has 1 radical (unpaired) electrons. The fraction of sp³-hybridized carbons (Fsp3) is 0.714. The summed E-state index contributed by atoms with van der Waals surface area (Å²) in [5, 5.41) is 4.25. The molecule has 1 aliphatic heterocycles. The van der Waals surface area contributed by atoms with Crippen LogP contribution in [0.3, 0.4) is 0 Å². The van der Waals surface area contributed by atoms with E-state index in [2.05, 4.69) is 19.2 Å². The van der Waals surface area contributed by atoms with Crippen molar-refractivity contribution >= 4 is 0 Å². The van der Waals surface area contributed by atoms with Crippen LogP contribution in [-0.4, -0.2) is 13.1 Å². The molecule has 0 bridgehead atoms. The summed E-state index contributed by atoms with van der Waals surface area (Å²) in [4.78, 5) is 0. The number of rotatable bonds is 0. The van der Waals surface area contributed by atoms with Crippen LogP contribution >= 0.6 is 0 Å². The summed E-state index contributed by atoms with van der Waals surface area (Å²) in [5.41, 5.74) is 3.01. The highest BCUT2D eigenvalue weighted by molar-refractivity contribution is 5.13. The lowest BCUT2D eigenvalue weighted by atomic mass is 10.1. The summed E-state index contributed by atoms with van der Waals surface area (Å²) in [6.07, 6.45) is 1.19. The molecular weight excluding hydrogens is 98.1 g/mol. The zero-order valence-corrected chi connectivity index (χ0v) is 5.57. The molecule has 0 atom stereocenters. The highest BCUT2D eigenvalue weighted by Gasteiger charge is 2.02. The van der Waals surface area contributed by atoms with E-state index in [0.717, 1.165) is 13.1 Å². The van der Waals surface area contributed by atoms with Gasteiger partial charge in [0, 0.05) is 13.1 Å². The van der Waals surface area contributed by atoms with Crippen LogP contribution in [0.5, 0.6) is 0 Å². The molecule has 0 aromatic heterocycles. The molecule has 0 saturated carbocycles. The number of nitrogens with zero attached hydrogens (tertiary/aromatic N) is 1. The lowest BCUT2D eigenvalue weighted by Crippen LogP contribution is -2.16. The molecule has 0 spiro atoms. The molecule has 1 heterocycles. The van der Waals surface area contributed by atoms with Crippen LogP contribution in [0, 0.1) is 0 Å². The van der Waals surface area contributed by atoms with E-state index in [4.69, 9.17) is 0 Å². The highest BCUT2D eigenvalue weighted by Crippen LogP contribution is 2.10. The van der Waals surface area contributed by atoms with E-state index in [9.17, 15) is 0 Å². The Morgan fingerprint density at radius 1 is 1.25 bits per heavy atom. The van der Waals surface area contributed by atoms with Crippen molar-refractivity contribution in [3.05, 3.63) is 11.1 Å². The summed E-state index contributed by atoms with van der Waals surface area (Å²) < 4.78 is 0. The van der Waals surface area contributed by atoms with Crippen molar-refractivity contribution in [1.82, 2.24) is 5.32 Å². The maximum atomic E-state index is 4.25. The first kappa shape index (κ1) is 5.83. The van der Waals surface area contributed by atoms with Crippen molar-refractivity contribution < 1.29 is 0 Å². The fourth-order valence-corrected chi connectivity index (χ4v) is 0.842. The molecule has 0 unspecified atom stereocenters. The van der Waals surface area contributed by atoms with Crippen molar-refractivity contribution in [3.8, 4) is 0 Å². The topological polar surface area (TPSA) is 14.1 Å². The van der Waals surface area contributed by atoms with Crippen LogP contribution in [0.4, 0.5) is 0 Å². The molecule has 0 aromatic carbocycles. The monoisotopic (exact) mass is 110 g/mol. The Kier molecular flexibility index (Phi) is 1.69. The van der Waals surface area contributed by atoms with E-state index in [0.29, 0.717) is 0 Å². The molecule has 0 saturated heterocycles. The molecule has 0 fully saturated rings. The van der Waals surface area contributed by atoms with Gasteiger partial charge in [0.05, 0.1) is 0 Å². The standard InChI is InChI=1S/C7H12N/c1-6-3-4-8-5-7(6)2/h3-5H2,1-2H3. The second kappa shape index (κ2) is 2.31. The lowest BCUT2D eigenvalue weighted by molar-refractivity contribution is 0.664. The summed E-state index contributed by atoms with van der Waals surface area (Å²) in [6, 6.07) is 0. The summed E-state index contributed by atoms with van der Waals surface area (Å²) in [5.74, 6) is 0. The minimum atomic E-state index is 0.978. The third kappa shape index (κ3) is 1.10. The molecule has 1 heteroatoms. The molecular formula is C7H12N. The Bertz CT molecular complexity index is 99.6. The van der Waals surface area contributed by atoms with Gasteiger partial charge in [0.1, 0.15) is 0 Å². The number of hydrogen-bond acceptors (Lipinski definition) is 0. The second-order valence-electron chi connectivity index (χ2n) is 2.42. The first-order valence-corrected chi connectivity index (χ1v) is 3.09. The van der Waals surface area contributed by atoms with Gasteiger partial charge in [-0.1, -0.05) is 11.1 Å². The largest absolute Gasteiger partial charge is 0.237 e. The van der Waals surface area contributed by atoms with E-state index in [1.165, 1.54) is 12.0 Å². The average molecular weight is 110 g/mol. The third-order valence-corrected chi connectivity index (χ3v) is 1.72. The smallest absolute Gasteiger partial charge is 0.0343 e. The van der Waals surface area contributed by atoms with Crippen LogP contribution in [0.25, 0.3) is 0 Å². The molecule has 1 rings (SSSR count). The van der Waals surface area contributed by atoms with Gasteiger partial charge in [0.15, 0.2) is 0 Å². The van der Waals surface area contributed by atoms with E-state index in [-0.39, 0.29) is 0 Å². The molecule has 0 N–H and O–H groups in total. The zero-order valence-electron chi connectivity index (χ0n) is 5.57. The van der Waals surface area contributed by atoms with Gasteiger partial charge >= 0.3 is 0 Å². The Hall–Kier alpha value is -0.300. The van der Waals surface area contributed by atoms with Gasteiger partial charge in [-0.05, 0) is 20.3 Å². The quantitative estimate of drug-likeness (QED) is 0.418. The van der Waals surface area contributed by atoms with Crippen molar-refractivity contribution in [1.29, 1.82) is 0 Å². The summed E-state index contributed by atoms with van der Waals surface area (Å²) in [7, 11) is 0. The predicted molar refractivity (Wildman–Crippen MR) is 34.9 cm³/mol. The normalized spacial score (nSPS) is 21.8. The minimum absolute atomic E-state index is 0.978. The van der Waals surface area contributed by atoms with Crippen molar-refractivity contribution in [2.75, 3.05) is 13.1 Å². The van der Waals surface area contributed by atoms with Crippen LogP contribution in [0.2, 0.25) is 0 Å². The second-order valence-corrected chi connectivity index (χ2v) is 2.42. The SMILES string of the molecule is CC1=C(C)C[N]CC1. The van der Waals surface area contributed by atoms with Gasteiger partial charge in [-0.15, -0.1) is 0 Å². The van der Waals surface area contributed by atoms with Gasteiger partial charge in [-0.2, -0.15) is 0 Å². The lowest BCUT2D eigenvalue weighted by Gasteiger charge is -2.12. The van der Waals surface area contributed by atoms with E-state index in [1.807, 2.05) is 0 Å². The molecule has 0 aliphatic carbocycles. The zero-order chi connectivity index (χ0) is 5.98. The van der Waals surface area contributed by atoms with E-state index < -0.39 is 0 Å².